The zero-order valence-corrected chi connectivity index (χ0v) is 11.7. The van der Waals surface area contributed by atoms with Gasteiger partial charge < -0.3 is 15.7 Å². The first-order valence-corrected chi connectivity index (χ1v) is 6.47. The van der Waals surface area contributed by atoms with Gasteiger partial charge in [-0.15, -0.1) is 0 Å². The van der Waals surface area contributed by atoms with Crippen molar-refractivity contribution in [1.82, 2.24) is 5.32 Å². The van der Waals surface area contributed by atoms with Gasteiger partial charge in [-0.05, 0) is 30.5 Å². The molecule has 1 unspecified atom stereocenters. The van der Waals surface area contributed by atoms with Gasteiger partial charge in [-0.2, -0.15) is 0 Å². The van der Waals surface area contributed by atoms with E-state index in [2.05, 4.69) is 10.6 Å². The molecule has 1 rings (SSSR count). The second-order valence-electron chi connectivity index (χ2n) is 4.41. The van der Waals surface area contributed by atoms with Gasteiger partial charge in [0, 0.05) is 13.2 Å². The summed E-state index contributed by atoms with van der Waals surface area (Å²) < 4.78 is 12.8. The normalized spacial score (nSPS) is 11.8. The first-order chi connectivity index (χ1) is 9.43. The van der Waals surface area contributed by atoms with E-state index in [0.29, 0.717) is 6.42 Å². The molecule has 0 radical (unpaired) electrons. The standard InChI is InChI=1S/C13H16ClFN2O3/c1-8(4-5-18)7-16-12(19)13(20)17-11-3-2-9(15)6-10(11)14/h2-3,6,8,18H,4-5,7H2,1H3,(H,16,19)(H,17,20). The monoisotopic (exact) mass is 302 g/mol. The van der Waals surface area contributed by atoms with Gasteiger partial charge in [-0.1, -0.05) is 18.5 Å². The molecule has 7 heteroatoms. The summed E-state index contributed by atoms with van der Waals surface area (Å²) in [4.78, 5) is 23.1. The topological polar surface area (TPSA) is 78.4 Å². The Kier molecular flexibility index (Phi) is 6.41. The molecule has 0 aromatic heterocycles. The number of benzene rings is 1. The fraction of sp³-hybridized carbons (Fsp3) is 0.385. The maximum absolute atomic E-state index is 12.8. The van der Waals surface area contributed by atoms with E-state index in [1.807, 2.05) is 6.92 Å². The lowest BCUT2D eigenvalue weighted by atomic mass is 10.1. The van der Waals surface area contributed by atoms with Crippen LogP contribution in [0.25, 0.3) is 0 Å². The minimum absolute atomic E-state index is 0.0137. The van der Waals surface area contributed by atoms with Crippen molar-refractivity contribution in [2.45, 2.75) is 13.3 Å². The van der Waals surface area contributed by atoms with Crippen molar-refractivity contribution in [3.8, 4) is 0 Å². The predicted molar refractivity (Wildman–Crippen MR) is 73.9 cm³/mol. The highest BCUT2D eigenvalue weighted by Gasteiger charge is 2.15. The molecule has 110 valence electrons. The minimum Gasteiger partial charge on any atom is -0.396 e. The van der Waals surface area contributed by atoms with Crippen molar-refractivity contribution in [2.24, 2.45) is 5.92 Å². The van der Waals surface area contributed by atoms with Crippen LogP contribution in [0.5, 0.6) is 0 Å². The van der Waals surface area contributed by atoms with Crippen molar-refractivity contribution in [3.63, 3.8) is 0 Å². The van der Waals surface area contributed by atoms with Gasteiger partial charge in [-0.3, -0.25) is 9.59 Å². The Morgan fingerprint density at radius 2 is 2.10 bits per heavy atom. The van der Waals surface area contributed by atoms with Gasteiger partial charge in [0.15, 0.2) is 0 Å². The van der Waals surface area contributed by atoms with E-state index in [1.54, 1.807) is 0 Å². The largest absolute Gasteiger partial charge is 0.396 e. The van der Waals surface area contributed by atoms with Crippen LogP contribution in [0.1, 0.15) is 13.3 Å². The van der Waals surface area contributed by atoms with Gasteiger partial charge in [0.2, 0.25) is 0 Å². The molecule has 1 atom stereocenters. The van der Waals surface area contributed by atoms with Crippen LogP contribution in [0.2, 0.25) is 5.02 Å². The van der Waals surface area contributed by atoms with E-state index in [9.17, 15) is 14.0 Å². The molecule has 0 heterocycles. The van der Waals surface area contributed by atoms with E-state index in [0.717, 1.165) is 12.1 Å². The number of hydrogen-bond donors (Lipinski definition) is 3. The third kappa shape index (κ3) is 5.14. The number of carbonyl (C=O) groups excluding carboxylic acids is 2. The number of hydrogen-bond acceptors (Lipinski definition) is 3. The Morgan fingerprint density at radius 3 is 2.70 bits per heavy atom. The number of carbonyl (C=O) groups is 2. The number of aliphatic hydroxyl groups excluding tert-OH is 1. The molecular weight excluding hydrogens is 287 g/mol. The van der Waals surface area contributed by atoms with Gasteiger partial charge in [-0.25, -0.2) is 4.39 Å². The highest BCUT2D eigenvalue weighted by molar-refractivity contribution is 6.41. The van der Waals surface area contributed by atoms with Gasteiger partial charge >= 0.3 is 11.8 Å². The summed E-state index contributed by atoms with van der Waals surface area (Å²) in [5.74, 6) is -2.16. The summed E-state index contributed by atoms with van der Waals surface area (Å²) in [6, 6.07) is 3.44. The van der Waals surface area contributed by atoms with E-state index in [1.165, 1.54) is 6.07 Å². The Labute approximate surface area is 121 Å². The van der Waals surface area contributed by atoms with E-state index in [4.69, 9.17) is 16.7 Å². The lowest BCUT2D eigenvalue weighted by Crippen LogP contribution is -2.37. The first kappa shape index (κ1) is 16.4. The van der Waals surface area contributed by atoms with Crippen LogP contribution < -0.4 is 10.6 Å². The Balaban J connectivity index is 2.51. The highest BCUT2D eigenvalue weighted by atomic mass is 35.5. The summed E-state index contributed by atoms with van der Waals surface area (Å²) in [6.45, 7) is 2.14. The zero-order valence-electron chi connectivity index (χ0n) is 11.0. The maximum atomic E-state index is 12.8. The van der Waals surface area contributed by atoms with Crippen molar-refractivity contribution in [3.05, 3.63) is 29.0 Å². The van der Waals surface area contributed by atoms with Crippen LogP contribution in [0, 0.1) is 11.7 Å². The molecule has 0 fully saturated rings. The van der Waals surface area contributed by atoms with Gasteiger partial charge in [0.05, 0.1) is 10.7 Å². The average Bonchev–Trinajstić information content (AvgIpc) is 2.39. The van der Waals surface area contributed by atoms with Crippen LogP contribution in [0.4, 0.5) is 10.1 Å². The Hall–Kier alpha value is -1.66. The summed E-state index contributed by atoms with van der Waals surface area (Å²) in [7, 11) is 0. The van der Waals surface area contributed by atoms with Crippen molar-refractivity contribution < 1.29 is 19.1 Å². The smallest absolute Gasteiger partial charge is 0.313 e. The number of halogens is 2. The van der Waals surface area contributed by atoms with Crippen LogP contribution in [0.3, 0.4) is 0 Å². The summed E-state index contributed by atoms with van der Waals surface area (Å²) in [5.41, 5.74) is 0.164. The number of rotatable bonds is 5. The highest BCUT2D eigenvalue weighted by Crippen LogP contribution is 2.22. The summed E-state index contributed by atoms with van der Waals surface area (Å²) >= 11 is 5.73. The summed E-state index contributed by atoms with van der Waals surface area (Å²) in [6.07, 6.45) is 0.533. The van der Waals surface area contributed by atoms with Gasteiger partial charge in [0.25, 0.3) is 0 Å². The Bertz CT molecular complexity index is 497. The molecule has 0 aliphatic rings. The quantitative estimate of drug-likeness (QED) is 0.722. The molecule has 0 spiro atoms. The lowest BCUT2D eigenvalue weighted by molar-refractivity contribution is -0.136. The molecule has 0 bridgehead atoms. The SMILES string of the molecule is CC(CCO)CNC(=O)C(=O)Nc1ccc(F)cc1Cl. The van der Waals surface area contributed by atoms with Crippen molar-refractivity contribution in [2.75, 3.05) is 18.5 Å². The first-order valence-electron chi connectivity index (χ1n) is 6.09. The lowest BCUT2D eigenvalue weighted by Gasteiger charge is -2.11. The molecular formula is C13H16ClFN2O3. The Morgan fingerprint density at radius 1 is 1.40 bits per heavy atom. The number of anilines is 1. The van der Waals surface area contributed by atoms with Crippen molar-refractivity contribution in [1.29, 1.82) is 0 Å². The third-order valence-corrected chi connectivity index (χ3v) is 2.93. The third-order valence-electron chi connectivity index (χ3n) is 2.62. The second-order valence-corrected chi connectivity index (χ2v) is 4.81. The predicted octanol–water partition coefficient (Wildman–Crippen LogP) is 1.55. The zero-order chi connectivity index (χ0) is 15.1. The molecule has 20 heavy (non-hydrogen) atoms. The van der Waals surface area contributed by atoms with Crippen molar-refractivity contribution >= 4 is 29.1 Å². The number of aliphatic hydroxyl groups is 1. The fourth-order valence-corrected chi connectivity index (χ4v) is 1.65. The second kappa shape index (κ2) is 7.81. The minimum atomic E-state index is -0.880. The van der Waals surface area contributed by atoms with E-state index < -0.39 is 17.6 Å². The number of amides is 2. The molecule has 5 nitrogen and oxygen atoms in total. The summed E-state index contributed by atoms with van der Waals surface area (Å²) in [5, 5.41) is 13.5. The molecule has 0 aliphatic carbocycles. The molecule has 2 amide bonds. The van der Waals surface area contributed by atoms with E-state index >= 15 is 0 Å². The molecule has 1 aromatic rings. The van der Waals surface area contributed by atoms with Gasteiger partial charge in [0.1, 0.15) is 5.82 Å². The molecule has 1 aromatic carbocycles. The molecule has 0 saturated carbocycles. The van der Waals surface area contributed by atoms with Crippen LogP contribution >= 0.6 is 11.6 Å². The fourth-order valence-electron chi connectivity index (χ4n) is 1.44. The van der Waals surface area contributed by atoms with Crippen LogP contribution in [-0.2, 0) is 9.59 Å². The van der Waals surface area contributed by atoms with Crippen LogP contribution in [-0.4, -0.2) is 30.1 Å². The van der Waals surface area contributed by atoms with Crippen LogP contribution in [0.15, 0.2) is 18.2 Å². The molecule has 3 N–H and O–H groups in total. The average molecular weight is 303 g/mol. The number of nitrogens with one attached hydrogen (secondary N) is 2. The molecule has 0 aliphatic heterocycles. The van der Waals surface area contributed by atoms with E-state index in [-0.39, 0.29) is 29.8 Å². The molecule has 0 saturated heterocycles. The maximum Gasteiger partial charge on any atom is 0.313 e.